The van der Waals surface area contributed by atoms with Crippen LogP contribution in [0.3, 0.4) is 0 Å². The molecule has 10 heavy (non-hydrogen) atoms. The predicted octanol–water partition coefficient (Wildman–Crippen LogP) is 2.53. The fourth-order valence-electron chi connectivity index (χ4n) is 0.253. The van der Waals surface area contributed by atoms with Crippen LogP contribution in [0.15, 0.2) is 24.5 Å². The van der Waals surface area contributed by atoms with Crippen molar-refractivity contribution in [2.24, 2.45) is 0 Å². The van der Waals surface area contributed by atoms with E-state index in [0.29, 0.717) is 0 Å². The molecule has 0 aromatic carbocycles. The first-order valence-corrected chi connectivity index (χ1v) is 3.72. The van der Waals surface area contributed by atoms with E-state index >= 15 is 0 Å². The zero-order chi connectivity index (χ0) is 8.24. The lowest BCUT2D eigenvalue weighted by Crippen LogP contribution is -1.69. The maximum absolute atomic E-state index is 3.53. The lowest BCUT2D eigenvalue weighted by Gasteiger charge is -1.69. The number of nitrogens with zero attached hydrogens (tertiary/aromatic N) is 2. The van der Waals surface area contributed by atoms with Gasteiger partial charge in [0, 0.05) is 12.4 Å². The third kappa shape index (κ3) is 10.1. The molecular formula is C8H16N2. The zero-order valence-electron chi connectivity index (χ0n) is 7.20. The number of hydrogen-bond donors (Lipinski definition) is 0. The second kappa shape index (κ2) is 15.7. The molecule has 1 aromatic heterocycles. The average molecular weight is 140 g/mol. The normalized spacial score (nSPS) is 6.00. The fraction of sp³-hybridized carbons (Fsp3) is 0.500. The van der Waals surface area contributed by atoms with Crippen LogP contribution in [0.1, 0.15) is 27.7 Å². The highest BCUT2D eigenvalue weighted by atomic mass is 15.1. The van der Waals surface area contributed by atoms with Crippen molar-refractivity contribution in [2.75, 3.05) is 0 Å². The summed E-state index contributed by atoms with van der Waals surface area (Å²) in [6.45, 7) is 8.00. The van der Waals surface area contributed by atoms with Crippen LogP contribution in [-0.2, 0) is 0 Å². The van der Waals surface area contributed by atoms with Gasteiger partial charge in [-0.25, -0.2) is 0 Å². The summed E-state index contributed by atoms with van der Waals surface area (Å²) >= 11 is 0. The first kappa shape index (κ1) is 11.8. The Balaban J connectivity index is 0. The molecule has 2 heteroatoms. The van der Waals surface area contributed by atoms with Gasteiger partial charge in [0.2, 0.25) is 0 Å². The Morgan fingerprint density at radius 3 is 1.10 bits per heavy atom. The molecule has 1 rings (SSSR count). The summed E-state index contributed by atoms with van der Waals surface area (Å²) < 4.78 is 0. The first-order valence-electron chi connectivity index (χ1n) is 3.72. The van der Waals surface area contributed by atoms with E-state index < -0.39 is 0 Å². The van der Waals surface area contributed by atoms with Crippen molar-refractivity contribution in [3.63, 3.8) is 0 Å². The molecule has 0 atom stereocenters. The SMILES string of the molecule is CC.CC.c1ccnnc1. The van der Waals surface area contributed by atoms with Crippen LogP contribution in [0.5, 0.6) is 0 Å². The molecule has 1 aromatic rings. The van der Waals surface area contributed by atoms with E-state index in [1.807, 2.05) is 39.8 Å². The molecular weight excluding hydrogens is 124 g/mol. The summed E-state index contributed by atoms with van der Waals surface area (Å²) in [4.78, 5) is 0. The molecule has 58 valence electrons. The van der Waals surface area contributed by atoms with Crippen molar-refractivity contribution in [2.45, 2.75) is 27.7 Å². The largest absolute Gasteiger partial charge is 0.159 e. The summed E-state index contributed by atoms with van der Waals surface area (Å²) in [6.07, 6.45) is 3.28. The van der Waals surface area contributed by atoms with Gasteiger partial charge in [0.25, 0.3) is 0 Å². The Kier molecular flexibility index (Phi) is 18.6. The lowest BCUT2D eigenvalue weighted by atomic mass is 10.6. The van der Waals surface area contributed by atoms with Crippen molar-refractivity contribution in [1.82, 2.24) is 10.2 Å². The van der Waals surface area contributed by atoms with Gasteiger partial charge in [0.05, 0.1) is 0 Å². The van der Waals surface area contributed by atoms with Crippen molar-refractivity contribution < 1.29 is 0 Å². The van der Waals surface area contributed by atoms with E-state index in [-0.39, 0.29) is 0 Å². The number of rotatable bonds is 0. The average Bonchev–Trinajstić information content (AvgIpc) is 2.14. The third-order valence-corrected chi connectivity index (χ3v) is 0.483. The van der Waals surface area contributed by atoms with Crippen LogP contribution in [0.4, 0.5) is 0 Å². The number of hydrogen-bond acceptors (Lipinski definition) is 2. The van der Waals surface area contributed by atoms with Crippen molar-refractivity contribution >= 4 is 0 Å². The molecule has 0 fully saturated rings. The molecule has 0 saturated carbocycles. The third-order valence-electron chi connectivity index (χ3n) is 0.483. The summed E-state index contributed by atoms with van der Waals surface area (Å²) in [5.41, 5.74) is 0. The van der Waals surface area contributed by atoms with E-state index in [1.165, 1.54) is 0 Å². The first-order chi connectivity index (χ1) is 5.00. The van der Waals surface area contributed by atoms with Gasteiger partial charge in [-0.05, 0) is 12.1 Å². The molecule has 0 amide bonds. The minimum absolute atomic E-state index is 1.64. The van der Waals surface area contributed by atoms with Gasteiger partial charge in [-0.2, -0.15) is 10.2 Å². The smallest absolute Gasteiger partial charge is 0.0496 e. The minimum atomic E-state index is 1.64. The van der Waals surface area contributed by atoms with E-state index in [1.54, 1.807) is 12.4 Å². The molecule has 0 unspecified atom stereocenters. The quantitative estimate of drug-likeness (QED) is 0.553. The van der Waals surface area contributed by atoms with Gasteiger partial charge >= 0.3 is 0 Å². The number of aromatic nitrogens is 2. The standard InChI is InChI=1S/C4H4N2.2C2H6/c1-2-4-6-5-3-1;2*1-2/h1-4H;2*1-2H3. The van der Waals surface area contributed by atoms with Crippen molar-refractivity contribution in [3.05, 3.63) is 24.5 Å². The molecule has 0 radical (unpaired) electrons. The van der Waals surface area contributed by atoms with Crippen LogP contribution >= 0.6 is 0 Å². The topological polar surface area (TPSA) is 25.8 Å². The van der Waals surface area contributed by atoms with Crippen LogP contribution in [0, 0.1) is 0 Å². The van der Waals surface area contributed by atoms with Gasteiger partial charge < -0.3 is 0 Å². The lowest BCUT2D eigenvalue weighted by molar-refractivity contribution is 1.03. The van der Waals surface area contributed by atoms with E-state index in [2.05, 4.69) is 10.2 Å². The molecule has 0 aliphatic heterocycles. The Labute approximate surface area is 63.3 Å². The highest BCUT2D eigenvalue weighted by Gasteiger charge is 1.59. The van der Waals surface area contributed by atoms with Gasteiger partial charge in [-0.15, -0.1) is 0 Å². The van der Waals surface area contributed by atoms with Gasteiger partial charge in [-0.3, -0.25) is 0 Å². The fourth-order valence-corrected chi connectivity index (χ4v) is 0.253. The van der Waals surface area contributed by atoms with E-state index in [9.17, 15) is 0 Å². The van der Waals surface area contributed by atoms with Crippen LogP contribution in [0.2, 0.25) is 0 Å². The van der Waals surface area contributed by atoms with Gasteiger partial charge in [-0.1, -0.05) is 27.7 Å². The maximum atomic E-state index is 3.53. The van der Waals surface area contributed by atoms with Crippen molar-refractivity contribution in [3.8, 4) is 0 Å². The molecule has 0 aliphatic rings. The Morgan fingerprint density at radius 1 is 0.700 bits per heavy atom. The van der Waals surface area contributed by atoms with Crippen LogP contribution in [-0.4, -0.2) is 10.2 Å². The second-order valence-corrected chi connectivity index (χ2v) is 0.914. The highest BCUT2D eigenvalue weighted by Crippen LogP contribution is 1.68. The highest BCUT2D eigenvalue weighted by molar-refractivity contribution is 4.79. The molecule has 1 heterocycles. The molecule has 0 saturated heterocycles. The van der Waals surface area contributed by atoms with Gasteiger partial charge in [0.15, 0.2) is 0 Å². The molecule has 0 spiro atoms. The Hall–Kier alpha value is -0.920. The zero-order valence-corrected chi connectivity index (χ0v) is 7.20. The van der Waals surface area contributed by atoms with Crippen LogP contribution in [0.25, 0.3) is 0 Å². The van der Waals surface area contributed by atoms with Crippen molar-refractivity contribution in [1.29, 1.82) is 0 Å². The van der Waals surface area contributed by atoms with E-state index in [0.717, 1.165) is 0 Å². The predicted molar refractivity (Wildman–Crippen MR) is 44.7 cm³/mol. The van der Waals surface area contributed by atoms with Gasteiger partial charge in [0.1, 0.15) is 0 Å². The summed E-state index contributed by atoms with van der Waals surface area (Å²) in [6, 6.07) is 3.65. The molecule has 0 aliphatic carbocycles. The summed E-state index contributed by atoms with van der Waals surface area (Å²) in [5.74, 6) is 0. The molecule has 2 nitrogen and oxygen atoms in total. The monoisotopic (exact) mass is 140 g/mol. The summed E-state index contributed by atoms with van der Waals surface area (Å²) in [7, 11) is 0. The Morgan fingerprint density at radius 2 is 1.00 bits per heavy atom. The maximum Gasteiger partial charge on any atom is 0.0496 e. The molecule has 0 bridgehead atoms. The minimum Gasteiger partial charge on any atom is -0.159 e. The Bertz CT molecular complexity index is 79.2. The van der Waals surface area contributed by atoms with Crippen LogP contribution < -0.4 is 0 Å². The summed E-state index contributed by atoms with van der Waals surface area (Å²) in [5, 5.41) is 7.07. The molecule has 0 N–H and O–H groups in total. The van der Waals surface area contributed by atoms with E-state index in [4.69, 9.17) is 0 Å². The second-order valence-electron chi connectivity index (χ2n) is 0.914.